The second kappa shape index (κ2) is 8.32. The summed E-state index contributed by atoms with van der Waals surface area (Å²) in [5, 5.41) is 0. The molecule has 122 valence electrons. The van der Waals surface area contributed by atoms with Gasteiger partial charge in [0, 0.05) is 5.92 Å². The number of hydrogen-bond acceptors (Lipinski definition) is 4. The van der Waals surface area contributed by atoms with E-state index in [9.17, 15) is 9.59 Å². The van der Waals surface area contributed by atoms with E-state index in [0.717, 1.165) is 6.42 Å². The van der Waals surface area contributed by atoms with Crippen LogP contribution in [0.2, 0.25) is 0 Å². The second-order valence-electron chi connectivity index (χ2n) is 5.48. The van der Waals surface area contributed by atoms with E-state index in [-0.39, 0.29) is 30.0 Å². The van der Waals surface area contributed by atoms with Crippen molar-refractivity contribution in [3.05, 3.63) is 48.6 Å². The van der Waals surface area contributed by atoms with Crippen molar-refractivity contribution in [2.75, 3.05) is 7.11 Å². The first-order chi connectivity index (χ1) is 11.2. The van der Waals surface area contributed by atoms with Crippen LogP contribution >= 0.6 is 0 Å². The van der Waals surface area contributed by atoms with Gasteiger partial charge in [0.05, 0.1) is 13.5 Å². The molecule has 0 amide bonds. The van der Waals surface area contributed by atoms with Crippen LogP contribution in [0.15, 0.2) is 48.6 Å². The van der Waals surface area contributed by atoms with Gasteiger partial charge < -0.3 is 9.47 Å². The molecule has 0 bridgehead atoms. The van der Waals surface area contributed by atoms with Gasteiger partial charge in [0.15, 0.2) is 17.3 Å². The van der Waals surface area contributed by atoms with Gasteiger partial charge in [-0.1, -0.05) is 37.3 Å². The number of carbonyl (C=O) groups excluding carboxylic acids is 2. The molecule has 0 spiro atoms. The summed E-state index contributed by atoms with van der Waals surface area (Å²) in [4.78, 5) is 24.1. The summed E-state index contributed by atoms with van der Waals surface area (Å²) in [6.07, 6.45) is 9.22. The van der Waals surface area contributed by atoms with E-state index in [1.165, 1.54) is 7.11 Å². The van der Waals surface area contributed by atoms with Crippen molar-refractivity contribution in [2.24, 2.45) is 11.8 Å². The summed E-state index contributed by atoms with van der Waals surface area (Å²) in [5.74, 6) is 0.371. The van der Waals surface area contributed by atoms with E-state index in [1.807, 2.05) is 31.2 Å². The van der Waals surface area contributed by atoms with Gasteiger partial charge in [-0.3, -0.25) is 9.59 Å². The molecule has 1 aliphatic rings. The number of ether oxygens (including phenoxy) is 2. The summed E-state index contributed by atoms with van der Waals surface area (Å²) in [5.41, 5.74) is 0. The van der Waals surface area contributed by atoms with Gasteiger partial charge in [-0.05, 0) is 37.0 Å². The first-order valence-corrected chi connectivity index (χ1v) is 7.86. The molecule has 0 aliphatic heterocycles. The van der Waals surface area contributed by atoms with Gasteiger partial charge in [-0.2, -0.15) is 0 Å². The molecule has 2 atom stereocenters. The predicted molar refractivity (Wildman–Crippen MR) is 88.4 cm³/mol. The van der Waals surface area contributed by atoms with E-state index in [4.69, 9.17) is 9.47 Å². The zero-order chi connectivity index (χ0) is 16.7. The van der Waals surface area contributed by atoms with Crippen LogP contribution in [0.25, 0.3) is 0 Å². The minimum atomic E-state index is -0.358. The third-order valence-electron chi connectivity index (χ3n) is 3.88. The van der Waals surface area contributed by atoms with Crippen LogP contribution in [-0.2, 0) is 9.59 Å². The molecule has 0 N–H and O–H groups in total. The van der Waals surface area contributed by atoms with Crippen molar-refractivity contribution < 1.29 is 19.1 Å². The average Bonchev–Trinajstić information content (AvgIpc) is 2.88. The maximum atomic E-state index is 12.2. The van der Waals surface area contributed by atoms with Crippen LogP contribution in [0.5, 0.6) is 11.5 Å². The van der Waals surface area contributed by atoms with E-state index in [0.29, 0.717) is 17.9 Å². The van der Waals surface area contributed by atoms with Gasteiger partial charge >= 0.3 is 5.97 Å². The number of methoxy groups -OCH3 is 1. The molecule has 0 fully saturated rings. The van der Waals surface area contributed by atoms with Crippen LogP contribution in [0, 0.1) is 11.8 Å². The zero-order valence-electron chi connectivity index (χ0n) is 13.5. The normalized spacial score (nSPS) is 20.2. The number of para-hydroxylation sites is 2. The van der Waals surface area contributed by atoms with Gasteiger partial charge in [0.1, 0.15) is 0 Å². The fraction of sp³-hybridized carbons (Fsp3) is 0.368. The number of allylic oxidation sites excluding steroid dienone is 4. The molecular formula is C19H22O4. The summed E-state index contributed by atoms with van der Waals surface area (Å²) in [6, 6.07) is 7.01. The molecule has 1 aliphatic carbocycles. The molecule has 0 saturated heterocycles. The van der Waals surface area contributed by atoms with Crippen LogP contribution in [0.4, 0.5) is 0 Å². The van der Waals surface area contributed by atoms with Crippen molar-refractivity contribution in [1.82, 2.24) is 0 Å². The third kappa shape index (κ3) is 4.55. The minimum absolute atomic E-state index is 0.0841. The van der Waals surface area contributed by atoms with Crippen LogP contribution in [-0.4, -0.2) is 18.9 Å². The Morgan fingerprint density at radius 1 is 1.22 bits per heavy atom. The monoisotopic (exact) mass is 314 g/mol. The smallest absolute Gasteiger partial charge is 0.311 e. The van der Waals surface area contributed by atoms with Gasteiger partial charge in [0.2, 0.25) is 0 Å². The van der Waals surface area contributed by atoms with Crippen molar-refractivity contribution in [2.45, 2.75) is 26.2 Å². The molecule has 4 heteroatoms. The lowest BCUT2D eigenvalue weighted by Crippen LogP contribution is -2.20. The largest absolute Gasteiger partial charge is 0.493 e. The van der Waals surface area contributed by atoms with Crippen molar-refractivity contribution in [3.8, 4) is 11.5 Å². The summed E-state index contributed by atoms with van der Waals surface area (Å²) in [7, 11) is 1.53. The highest BCUT2D eigenvalue weighted by Crippen LogP contribution is 2.31. The first kappa shape index (κ1) is 17.0. The van der Waals surface area contributed by atoms with Crippen LogP contribution < -0.4 is 9.47 Å². The molecule has 2 rings (SSSR count). The molecule has 0 aromatic heterocycles. The second-order valence-corrected chi connectivity index (χ2v) is 5.48. The highest BCUT2D eigenvalue weighted by molar-refractivity contribution is 5.95. The molecule has 0 saturated carbocycles. The topological polar surface area (TPSA) is 52.6 Å². The van der Waals surface area contributed by atoms with E-state index < -0.39 is 0 Å². The Balaban J connectivity index is 1.97. The lowest BCUT2D eigenvalue weighted by Gasteiger charge is -2.16. The van der Waals surface area contributed by atoms with Crippen molar-refractivity contribution in [1.29, 1.82) is 0 Å². The van der Waals surface area contributed by atoms with Crippen molar-refractivity contribution >= 4 is 11.8 Å². The highest BCUT2D eigenvalue weighted by atomic mass is 16.6. The molecule has 23 heavy (non-hydrogen) atoms. The fourth-order valence-corrected chi connectivity index (χ4v) is 2.66. The van der Waals surface area contributed by atoms with Crippen LogP contribution in [0.1, 0.15) is 26.2 Å². The lowest BCUT2D eigenvalue weighted by atomic mass is 9.89. The molecule has 1 aromatic carbocycles. The number of carbonyl (C=O) groups is 2. The SMILES string of the molecule is CC/C=C\C[C@H]1C(=O)C=C[C@H]1CC(=O)Oc1ccccc1OC. The number of ketones is 1. The zero-order valence-corrected chi connectivity index (χ0v) is 13.5. The average molecular weight is 314 g/mol. The Kier molecular flexibility index (Phi) is 6.15. The number of rotatable bonds is 7. The summed E-state index contributed by atoms with van der Waals surface area (Å²) < 4.78 is 10.5. The molecule has 0 radical (unpaired) electrons. The van der Waals surface area contributed by atoms with Crippen LogP contribution in [0.3, 0.4) is 0 Å². The summed E-state index contributed by atoms with van der Waals surface area (Å²) >= 11 is 0. The molecule has 0 unspecified atom stereocenters. The Labute approximate surface area is 136 Å². The maximum absolute atomic E-state index is 12.2. The first-order valence-electron chi connectivity index (χ1n) is 7.86. The van der Waals surface area contributed by atoms with E-state index >= 15 is 0 Å². The third-order valence-corrected chi connectivity index (χ3v) is 3.88. The molecular weight excluding hydrogens is 292 g/mol. The predicted octanol–water partition coefficient (Wildman–Crippen LogP) is 3.72. The summed E-state index contributed by atoms with van der Waals surface area (Å²) in [6.45, 7) is 2.05. The van der Waals surface area contributed by atoms with E-state index in [2.05, 4.69) is 0 Å². The maximum Gasteiger partial charge on any atom is 0.311 e. The number of hydrogen-bond donors (Lipinski definition) is 0. The standard InChI is InChI=1S/C19H22O4/c1-3-4-5-8-15-14(11-12-16(15)20)13-19(21)23-18-10-7-6-9-17(18)22-2/h4-7,9-12,14-15H,3,8,13H2,1-2H3/b5-4-/t14-,15+/m0/s1. The Morgan fingerprint density at radius 3 is 2.65 bits per heavy atom. The molecule has 0 heterocycles. The van der Waals surface area contributed by atoms with Crippen molar-refractivity contribution in [3.63, 3.8) is 0 Å². The minimum Gasteiger partial charge on any atom is -0.493 e. The molecule has 1 aromatic rings. The Bertz CT molecular complexity index is 616. The van der Waals surface area contributed by atoms with E-state index in [1.54, 1.807) is 24.3 Å². The fourth-order valence-electron chi connectivity index (χ4n) is 2.66. The van der Waals surface area contributed by atoms with Gasteiger partial charge in [0.25, 0.3) is 0 Å². The Morgan fingerprint density at radius 2 is 1.96 bits per heavy atom. The Hall–Kier alpha value is -2.36. The molecule has 4 nitrogen and oxygen atoms in total. The van der Waals surface area contributed by atoms with Gasteiger partial charge in [-0.25, -0.2) is 0 Å². The quantitative estimate of drug-likeness (QED) is 0.437. The lowest BCUT2D eigenvalue weighted by molar-refractivity contribution is -0.135. The van der Waals surface area contributed by atoms with Gasteiger partial charge in [-0.15, -0.1) is 0 Å². The highest BCUT2D eigenvalue weighted by Gasteiger charge is 2.31. The number of esters is 1. The number of benzene rings is 1.